The highest BCUT2D eigenvalue weighted by atomic mass is 35.5. The molecular weight excluding hydrogens is 459 g/mol. The molecule has 1 heterocycles. The SMILES string of the molecule is C=CCOc1cc(Cl)c(Cl)cc1[C@H](N[S@@+]([O-])C(C)(C)C)C1CCN(C(=O)[C@H](C)O)CC1. The second-order valence-electron chi connectivity index (χ2n) is 8.72. The second kappa shape index (κ2) is 11.3. The van der Waals surface area contributed by atoms with Gasteiger partial charge in [0.2, 0.25) is 0 Å². The van der Waals surface area contributed by atoms with Gasteiger partial charge in [0.15, 0.2) is 0 Å². The Morgan fingerprint density at radius 3 is 2.48 bits per heavy atom. The first kappa shape index (κ1) is 26.3. The summed E-state index contributed by atoms with van der Waals surface area (Å²) in [5.74, 6) is 0.360. The lowest BCUT2D eigenvalue weighted by Gasteiger charge is -2.38. The van der Waals surface area contributed by atoms with Crippen LogP contribution in [-0.2, 0) is 16.2 Å². The first-order chi connectivity index (χ1) is 14.5. The van der Waals surface area contributed by atoms with Crippen LogP contribution >= 0.6 is 23.2 Å². The molecule has 0 saturated carbocycles. The van der Waals surface area contributed by atoms with Crippen molar-refractivity contribution in [2.24, 2.45) is 5.92 Å². The predicted molar refractivity (Wildman–Crippen MR) is 127 cm³/mol. The average Bonchev–Trinajstić information content (AvgIpc) is 2.71. The van der Waals surface area contributed by atoms with Gasteiger partial charge in [-0.2, -0.15) is 0 Å². The average molecular weight is 491 g/mol. The number of carbonyl (C=O) groups excluding carboxylic acids is 1. The zero-order chi connectivity index (χ0) is 23.3. The number of likely N-dealkylation sites (tertiary alicyclic amines) is 1. The lowest BCUT2D eigenvalue weighted by molar-refractivity contribution is -0.140. The van der Waals surface area contributed by atoms with Gasteiger partial charge in [0.05, 0.1) is 16.1 Å². The van der Waals surface area contributed by atoms with E-state index in [0.717, 1.165) is 5.56 Å². The van der Waals surface area contributed by atoms with Gasteiger partial charge in [0.25, 0.3) is 5.91 Å². The number of nitrogens with zero attached hydrogens (tertiary/aromatic N) is 1. The number of piperidine rings is 1. The van der Waals surface area contributed by atoms with Gasteiger partial charge >= 0.3 is 0 Å². The van der Waals surface area contributed by atoms with Crippen molar-refractivity contribution in [1.29, 1.82) is 0 Å². The Labute approximate surface area is 198 Å². The first-order valence-corrected chi connectivity index (χ1v) is 12.2. The highest BCUT2D eigenvalue weighted by Crippen LogP contribution is 2.40. The van der Waals surface area contributed by atoms with E-state index in [9.17, 15) is 14.5 Å². The van der Waals surface area contributed by atoms with Gasteiger partial charge in [0.1, 0.15) is 23.2 Å². The molecule has 31 heavy (non-hydrogen) atoms. The summed E-state index contributed by atoms with van der Waals surface area (Å²) in [6.45, 7) is 12.2. The maximum atomic E-state index is 13.0. The van der Waals surface area contributed by atoms with Crippen LogP contribution in [0.5, 0.6) is 5.75 Å². The van der Waals surface area contributed by atoms with Crippen LogP contribution < -0.4 is 9.46 Å². The van der Waals surface area contributed by atoms with Crippen molar-refractivity contribution < 1.29 is 19.2 Å². The quantitative estimate of drug-likeness (QED) is 0.419. The Bertz CT molecular complexity index is 778. The fourth-order valence-corrected chi connectivity index (χ4v) is 4.71. The van der Waals surface area contributed by atoms with Crippen LogP contribution in [0, 0.1) is 5.92 Å². The van der Waals surface area contributed by atoms with Crippen LogP contribution in [0.1, 0.15) is 52.1 Å². The summed E-state index contributed by atoms with van der Waals surface area (Å²) in [4.78, 5) is 13.8. The number of nitrogens with one attached hydrogen (secondary N) is 1. The molecule has 0 bridgehead atoms. The van der Waals surface area contributed by atoms with Crippen molar-refractivity contribution in [3.63, 3.8) is 0 Å². The number of halogens is 2. The number of rotatable bonds is 8. The largest absolute Gasteiger partial charge is 0.598 e. The number of hydrogen-bond donors (Lipinski definition) is 2. The van der Waals surface area contributed by atoms with E-state index in [1.807, 2.05) is 20.8 Å². The van der Waals surface area contributed by atoms with Crippen LogP contribution in [0.4, 0.5) is 0 Å². The normalized spacial score (nSPS) is 18.4. The van der Waals surface area contributed by atoms with Crippen LogP contribution in [0.3, 0.4) is 0 Å². The number of benzene rings is 1. The molecule has 0 aromatic heterocycles. The topological polar surface area (TPSA) is 84.9 Å². The third-order valence-electron chi connectivity index (χ3n) is 5.21. The van der Waals surface area contributed by atoms with Crippen LogP contribution in [0.25, 0.3) is 0 Å². The number of hydrogen-bond acceptors (Lipinski definition) is 5. The summed E-state index contributed by atoms with van der Waals surface area (Å²) in [6, 6.07) is 3.11. The minimum absolute atomic E-state index is 0.0765. The number of carbonyl (C=O) groups is 1. The minimum atomic E-state index is -1.34. The molecule has 1 saturated heterocycles. The molecule has 1 amide bonds. The zero-order valence-electron chi connectivity index (χ0n) is 18.5. The number of aliphatic hydroxyl groups is 1. The Morgan fingerprint density at radius 2 is 1.97 bits per heavy atom. The van der Waals surface area contributed by atoms with Crippen molar-refractivity contribution in [3.8, 4) is 5.75 Å². The number of aliphatic hydroxyl groups excluding tert-OH is 1. The molecule has 1 aromatic rings. The van der Waals surface area contributed by atoms with E-state index in [0.29, 0.717) is 48.3 Å². The predicted octanol–water partition coefficient (Wildman–Crippen LogP) is 4.27. The molecule has 1 aliphatic rings. The smallest absolute Gasteiger partial charge is 0.251 e. The van der Waals surface area contributed by atoms with E-state index >= 15 is 0 Å². The molecule has 0 spiro atoms. The summed E-state index contributed by atoms with van der Waals surface area (Å²) >= 11 is 11.2. The molecule has 2 rings (SSSR count). The standard InChI is InChI=1S/C22H32Cl2N2O4S/c1-6-11-30-19-13-18(24)17(23)12-16(19)20(25-31(29)22(3,4)5)15-7-9-26(10-8-15)21(28)14(2)27/h6,12-15,20,25,27H,1,7-11H2,2-5H3/t14-,20+,31-/m0/s1. The molecule has 6 nitrogen and oxygen atoms in total. The molecular formula is C22H32Cl2N2O4S. The van der Waals surface area contributed by atoms with Gasteiger partial charge in [-0.1, -0.05) is 35.9 Å². The fraction of sp³-hybridized carbons (Fsp3) is 0.591. The molecule has 1 fully saturated rings. The molecule has 0 unspecified atom stereocenters. The summed E-state index contributed by atoms with van der Waals surface area (Å²) in [5, 5.41) is 10.4. The molecule has 0 radical (unpaired) electrons. The molecule has 9 heteroatoms. The Hall–Kier alpha value is -0.960. The van der Waals surface area contributed by atoms with Crippen LogP contribution in [-0.4, -0.2) is 51.0 Å². The first-order valence-electron chi connectivity index (χ1n) is 10.3. The monoisotopic (exact) mass is 490 g/mol. The number of amides is 1. The van der Waals surface area contributed by atoms with E-state index in [-0.39, 0.29) is 17.9 Å². The summed E-state index contributed by atoms with van der Waals surface area (Å²) < 4.78 is 21.7. The van der Waals surface area contributed by atoms with Crippen molar-refractivity contribution in [2.75, 3.05) is 19.7 Å². The Kier molecular flexibility index (Phi) is 9.55. The lowest BCUT2D eigenvalue weighted by atomic mass is 9.85. The minimum Gasteiger partial charge on any atom is -0.598 e. The van der Waals surface area contributed by atoms with Crippen molar-refractivity contribution in [1.82, 2.24) is 9.62 Å². The molecule has 0 aliphatic carbocycles. The molecule has 1 aliphatic heterocycles. The fourth-order valence-electron chi connectivity index (χ4n) is 3.48. The Balaban J connectivity index is 2.37. The van der Waals surface area contributed by atoms with Gasteiger partial charge in [-0.05, 0) is 52.5 Å². The van der Waals surface area contributed by atoms with Gasteiger partial charge < -0.3 is 19.3 Å². The maximum absolute atomic E-state index is 13.0. The van der Waals surface area contributed by atoms with E-state index in [1.54, 1.807) is 23.1 Å². The van der Waals surface area contributed by atoms with Crippen LogP contribution in [0.15, 0.2) is 24.8 Å². The second-order valence-corrected chi connectivity index (χ2v) is 11.5. The number of ether oxygens (including phenoxy) is 1. The van der Waals surface area contributed by atoms with Gasteiger partial charge in [-0.15, -0.1) is 4.72 Å². The van der Waals surface area contributed by atoms with E-state index in [2.05, 4.69) is 11.3 Å². The Morgan fingerprint density at radius 1 is 1.39 bits per heavy atom. The van der Waals surface area contributed by atoms with Gasteiger partial charge in [-0.3, -0.25) is 4.79 Å². The van der Waals surface area contributed by atoms with E-state index in [4.69, 9.17) is 27.9 Å². The van der Waals surface area contributed by atoms with E-state index < -0.39 is 22.2 Å². The molecule has 2 N–H and O–H groups in total. The van der Waals surface area contributed by atoms with Crippen molar-refractivity contribution >= 4 is 40.5 Å². The molecule has 1 aromatic carbocycles. The summed E-state index contributed by atoms with van der Waals surface area (Å²) in [7, 11) is 0. The van der Waals surface area contributed by atoms with Crippen molar-refractivity contribution in [2.45, 2.75) is 57.4 Å². The maximum Gasteiger partial charge on any atom is 0.251 e. The summed E-state index contributed by atoms with van der Waals surface area (Å²) in [5.41, 5.74) is 0.772. The zero-order valence-corrected chi connectivity index (χ0v) is 20.8. The third kappa shape index (κ3) is 7.01. The van der Waals surface area contributed by atoms with E-state index in [1.165, 1.54) is 6.92 Å². The molecule has 3 atom stereocenters. The third-order valence-corrected chi connectivity index (χ3v) is 7.52. The van der Waals surface area contributed by atoms with Gasteiger partial charge in [0, 0.05) is 36.1 Å². The highest BCUT2D eigenvalue weighted by molar-refractivity contribution is 7.90. The lowest BCUT2D eigenvalue weighted by Crippen LogP contribution is -2.48. The van der Waals surface area contributed by atoms with Crippen molar-refractivity contribution in [3.05, 3.63) is 40.4 Å². The van der Waals surface area contributed by atoms with Crippen LogP contribution in [0.2, 0.25) is 10.0 Å². The van der Waals surface area contributed by atoms with Gasteiger partial charge in [-0.25, -0.2) is 0 Å². The molecule has 174 valence electrons. The summed E-state index contributed by atoms with van der Waals surface area (Å²) in [6.07, 6.45) is 1.98. The highest BCUT2D eigenvalue weighted by Gasteiger charge is 2.37.